The number of nitrogens with one attached hydrogen (secondary N) is 1. The van der Waals surface area contributed by atoms with Crippen LogP contribution in [-0.2, 0) is 10.2 Å². The van der Waals surface area contributed by atoms with Crippen molar-refractivity contribution in [2.75, 3.05) is 19.4 Å². The van der Waals surface area contributed by atoms with Gasteiger partial charge in [0.1, 0.15) is 11.9 Å². The molecule has 6 heteroatoms. The van der Waals surface area contributed by atoms with E-state index in [1.165, 1.54) is 11.5 Å². The summed E-state index contributed by atoms with van der Waals surface area (Å²) in [6.07, 6.45) is 0. The smallest absolute Gasteiger partial charge is 0.244 e. The maximum atomic E-state index is 11.7. The second-order valence-electron chi connectivity index (χ2n) is 5.27. The molecule has 1 aromatic heterocycles. The van der Waals surface area contributed by atoms with Gasteiger partial charge in [-0.3, -0.25) is 4.79 Å². The average molecular weight is 256 g/mol. The van der Waals surface area contributed by atoms with Crippen LogP contribution >= 0.6 is 11.5 Å². The first-order valence-electron chi connectivity index (χ1n) is 5.53. The number of amides is 1. The van der Waals surface area contributed by atoms with Crippen LogP contribution in [0.15, 0.2) is 0 Å². The highest BCUT2D eigenvalue weighted by atomic mass is 32.1. The van der Waals surface area contributed by atoms with Crippen LogP contribution in [0.3, 0.4) is 0 Å². The Morgan fingerprint density at radius 2 is 2.00 bits per heavy atom. The molecule has 1 aromatic rings. The first-order valence-corrected chi connectivity index (χ1v) is 6.31. The molecule has 0 bridgehead atoms. The zero-order valence-electron chi connectivity index (χ0n) is 11.2. The second kappa shape index (κ2) is 5.00. The highest BCUT2D eigenvalue weighted by Crippen LogP contribution is 2.23. The quantitative estimate of drug-likeness (QED) is 0.894. The van der Waals surface area contributed by atoms with E-state index in [-0.39, 0.29) is 17.4 Å². The zero-order chi connectivity index (χ0) is 13.2. The van der Waals surface area contributed by atoms with Crippen molar-refractivity contribution in [3.63, 3.8) is 0 Å². The van der Waals surface area contributed by atoms with E-state index in [1.807, 2.05) is 6.92 Å². The van der Waals surface area contributed by atoms with E-state index in [0.29, 0.717) is 5.13 Å². The van der Waals surface area contributed by atoms with Crippen LogP contribution in [0.4, 0.5) is 5.13 Å². The number of carbonyl (C=O) groups excluding carboxylic acids is 1. The van der Waals surface area contributed by atoms with Crippen LogP contribution in [0.1, 0.15) is 33.5 Å². The van der Waals surface area contributed by atoms with Crippen molar-refractivity contribution in [3.8, 4) is 0 Å². The summed E-state index contributed by atoms with van der Waals surface area (Å²) in [4.78, 5) is 17.6. The van der Waals surface area contributed by atoms with Crippen molar-refractivity contribution >= 4 is 22.6 Å². The Balaban J connectivity index is 2.70. The monoisotopic (exact) mass is 256 g/mol. The molecule has 0 aliphatic carbocycles. The molecule has 0 spiro atoms. The molecule has 0 radical (unpaired) electrons. The minimum absolute atomic E-state index is 0.0255. The van der Waals surface area contributed by atoms with Gasteiger partial charge in [-0.25, -0.2) is 4.98 Å². The van der Waals surface area contributed by atoms with Gasteiger partial charge in [0, 0.05) is 31.0 Å². The van der Waals surface area contributed by atoms with Gasteiger partial charge in [0.15, 0.2) is 0 Å². The third-order valence-corrected chi connectivity index (χ3v) is 2.89. The number of hydrogen-bond donors (Lipinski definition) is 1. The van der Waals surface area contributed by atoms with Crippen molar-refractivity contribution in [1.29, 1.82) is 0 Å². The lowest BCUT2D eigenvalue weighted by molar-refractivity contribution is -0.129. The molecule has 0 aliphatic heterocycles. The van der Waals surface area contributed by atoms with Gasteiger partial charge in [0.05, 0.1) is 0 Å². The van der Waals surface area contributed by atoms with E-state index < -0.39 is 0 Å². The molecule has 1 amide bonds. The number of hydrogen-bond acceptors (Lipinski definition) is 5. The predicted octanol–water partition coefficient (Wildman–Crippen LogP) is 1.72. The van der Waals surface area contributed by atoms with E-state index >= 15 is 0 Å². The predicted molar refractivity (Wildman–Crippen MR) is 70.4 cm³/mol. The second-order valence-corrected chi connectivity index (χ2v) is 6.02. The lowest BCUT2D eigenvalue weighted by atomic mass is 9.96. The van der Waals surface area contributed by atoms with Crippen LogP contribution in [0.2, 0.25) is 0 Å². The summed E-state index contributed by atoms with van der Waals surface area (Å²) in [5.74, 6) is 0.826. The Morgan fingerprint density at radius 1 is 1.41 bits per heavy atom. The minimum atomic E-state index is -0.286. The number of carbonyl (C=O) groups is 1. The van der Waals surface area contributed by atoms with Gasteiger partial charge in [-0.1, -0.05) is 20.8 Å². The fraction of sp³-hybridized carbons (Fsp3) is 0.727. The van der Waals surface area contributed by atoms with Crippen molar-refractivity contribution in [2.45, 2.75) is 39.2 Å². The Bertz CT molecular complexity index is 394. The summed E-state index contributed by atoms with van der Waals surface area (Å²) in [7, 11) is 3.47. The third-order valence-electron chi connectivity index (χ3n) is 2.25. The first kappa shape index (κ1) is 13.9. The summed E-state index contributed by atoms with van der Waals surface area (Å²) in [5.41, 5.74) is -0.0643. The van der Waals surface area contributed by atoms with Crippen molar-refractivity contribution in [1.82, 2.24) is 14.3 Å². The summed E-state index contributed by atoms with van der Waals surface area (Å²) >= 11 is 1.29. The Labute approximate surface area is 106 Å². The van der Waals surface area contributed by atoms with Crippen LogP contribution in [0.25, 0.3) is 0 Å². The van der Waals surface area contributed by atoms with Gasteiger partial charge in [-0.15, -0.1) is 0 Å². The van der Waals surface area contributed by atoms with Crippen LogP contribution in [-0.4, -0.2) is 40.3 Å². The molecule has 0 unspecified atom stereocenters. The molecule has 1 rings (SSSR count). The number of rotatable bonds is 3. The molecule has 0 aromatic carbocycles. The summed E-state index contributed by atoms with van der Waals surface area (Å²) in [6.45, 7) is 8.01. The molecule has 96 valence electrons. The van der Waals surface area contributed by atoms with Crippen molar-refractivity contribution in [2.24, 2.45) is 0 Å². The fourth-order valence-corrected chi connectivity index (χ4v) is 2.07. The van der Waals surface area contributed by atoms with Gasteiger partial charge in [-0.2, -0.15) is 4.37 Å². The molecule has 1 atom stereocenters. The third kappa shape index (κ3) is 3.66. The molecular formula is C11H20N4OS. The fourth-order valence-electron chi connectivity index (χ4n) is 1.22. The van der Waals surface area contributed by atoms with Crippen LogP contribution < -0.4 is 5.32 Å². The lowest BCUT2D eigenvalue weighted by Gasteiger charge is -2.17. The summed E-state index contributed by atoms with van der Waals surface area (Å²) in [5, 5.41) is 3.76. The largest absolute Gasteiger partial charge is 0.349 e. The van der Waals surface area contributed by atoms with E-state index in [9.17, 15) is 4.79 Å². The molecule has 5 nitrogen and oxygen atoms in total. The van der Waals surface area contributed by atoms with E-state index in [0.717, 1.165) is 5.82 Å². The standard InChI is InChI=1S/C11H20N4OS/c1-7(8(16)15(5)6)12-10-13-9(14-17-10)11(2,3)4/h7H,1-6H3,(H,12,13,14)/t7-/m0/s1. The van der Waals surface area contributed by atoms with E-state index in [2.05, 4.69) is 35.4 Å². The first-order chi connectivity index (χ1) is 7.71. The maximum Gasteiger partial charge on any atom is 0.244 e. The molecule has 17 heavy (non-hydrogen) atoms. The maximum absolute atomic E-state index is 11.7. The van der Waals surface area contributed by atoms with Crippen molar-refractivity contribution in [3.05, 3.63) is 5.82 Å². The number of aromatic nitrogens is 2. The topological polar surface area (TPSA) is 58.1 Å². The molecular weight excluding hydrogens is 236 g/mol. The molecule has 1 N–H and O–H groups in total. The summed E-state index contributed by atoms with van der Waals surface area (Å²) in [6, 6.07) is -0.286. The highest BCUT2D eigenvalue weighted by molar-refractivity contribution is 7.09. The van der Waals surface area contributed by atoms with Crippen molar-refractivity contribution < 1.29 is 4.79 Å². The van der Waals surface area contributed by atoms with E-state index in [4.69, 9.17) is 0 Å². The van der Waals surface area contributed by atoms with Gasteiger partial charge in [0.25, 0.3) is 0 Å². The SMILES string of the molecule is C[C@H](Nc1nc(C(C)(C)C)ns1)C(=O)N(C)C. The Morgan fingerprint density at radius 3 is 2.41 bits per heavy atom. The summed E-state index contributed by atoms with van der Waals surface area (Å²) < 4.78 is 4.29. The average Bonchev–Trinajstić information content (AvgIpc) is 2.64. The Kier molecular flexibility index (Phi) is 4.08. The molecule has 0 saturated heterocycles. The Hall–Kier alpha value is -1.17. The van der Waals surface area contributed by atoms with E-state index in [1.54, 1.807) is 19.0 Å². The van der Waals surface area contributed by atoms with Gasteiger partial charge < -0.3 is 10.2 Å². The zero-order valence-corrected chi connectivity index (χ0v) is 12.1. The normalized spacial score (nSPS) is 13.3. The van der Waals surface area contributed by atoms with Gasteiger partial charge >= 0.3 is 0 Å². The van der Waals surface area contributed by atoms with Crippen LogP contribution in [0, 0.1) is 0 Å². The number of anilines is 1. The molecule has 0 fully saturated rings. The minimum Gasteiger partial charge on any atom is -0.349 e. The highest BCUT2D eigenvalue weighted by Gasteiger charge is 2.21. The number of likely N-dealkylation sites (N-methyl/N-ethyl adjacent to an activating group) is 1. The molecule has 1 heterocycles. The van der Waals surface area contributed by atoms with Gasteiger partial charge in [0.2, 0.25) is 11.0 Å². The molecule has 0 aliphatic rings. The molecule has 0 saturated carbocycles. The van der Waals surface area contributed by atoms with Gasteiger partial charge in [-0.05, 0) is 6.92 Å². The number of nitrogens with zero attached hydrogens (tertiary/aromatic N) is 3. The van der Waals surface area contributed by atoms with Crippen LogP contribution in [0.5, 0.6) is 0 Å². The lowest BCUT2D eigenvalue weighted by Crippen LogP contribution is -2.36.